The van der Waals surface area contributed by atoms with Gasteiger partial charge >= 0.3 is 5.97 Å². The fourth-order valence-corrected chi connectivity index (χ4v) is 2.35. The molecule has 2 aromatic heterocycles. The van der Waals surface area contributed by atoms with Crippen molar-refractivity contribution in [1.82, 2.24) is 10.3 Å². The SMILES string of the molecule is COC(=O)c1ccc(-c2ccc(CNCc3ccncc3)o2)cc1.Cl. The van der Waals surface area contributed by atoms with Crippen molar-refractivity contribution in [3.8, 4) is 11.3 Å². The first-order valence-corrected chi connectivity index (χ1v) is 7.63. The Kier molecular flexibility index (Phi) is 6.74. The lowest BCUT2D eigenvalue weighted by Crippen LogP contribution is -2.11. The molecular weight excluding hydrogens is 340 g/mol. The summed E-state index contributed by atoms with van der Waals surface area (Å²) in [5.74, 6) is 1.28. The van der Waals surface area contributed by atoms with E-state index < -0.39 is 0 Å². The molecule has 0 bridgehead atoms. The Morgan fingerprint density at radius 1 is 1.04 bits per heavy atom. The van der Waals surface area contributed by atoms with Crippen molar-refractivity contribution in [2.45, 2.75) is 13.1 Å². The van der Waals surface area contributed by atoms with Crippen LogP contribution in [0.2, 0.25) is 0 Å². The van der Waals surface area contributed by atoms with Crippen LogP contribution in [0.3, 0.4) is 0 Å². The molecule has 0 fully saturated rings. The zero-order valence-corrected chi connectivity index (χ0v) is 14.6. The minimum atomic E-state index is -0.345. The Hall–Kier alpha value is -2.63. The summed E-state index contributed by atoms with van der Waals surface area (Å²) in [5.41, 5.74) is 2.62. The van der Waals surface area contributed by atoms with Gasteiger partial charge in [-0.1, -0.05) is 12.1 Å². The number of carbonyl (C=O) groups excluding carboxylic acids is 1. The molecule has 0 saturated heterocycles. The molecular formula is C19H19ClN2O3. The zero-order valence-electron chi connectivity index (χ0n) is 13.8. The second-order valence-corrected chi connectivity index (χ2v) is 5.29. The van der Waals surface area contributed by atoms with Crippen LogP contribution in [0.25, 0.3) is 11.3 Å². The molecule has 3 rings (SSSR count). The smallest absolute Gasteiger partial charge is 0.337 e. The Bertz CT molecular complexity index is 801. The van der Waals surface area contributed by atoms with Crippen molar-refractivity contribution >= 4 is 18.4 Å². The van der Waals surface area contributed by atoms with E-state index in [9.17, 15) is 4.79 Å². The Morgan fingerprint density at radius 2 is 1.76 bits per heavy atom. The van der Waals surface area contributed by atoms with E-state index in [1.54, 1.807) is 24.5 Å². The van der Waals surface area contributed by atoms with Crippen LogP contribution < -0.4 is 5.32 Å². The van der Waals surface area contributed by atoms with Crippen molar-refractivity contribution < 1.29 is 13.9 Å². The number of furan rings is 1. The summed E-state index contributed by atoms with van der Waals surface area (Å²) < 4.78 is 10.5. The molecule has 6 heteroatoms. The van der Waals surface area contributed by atoms with Gasteiger partial charge in [0.1, 0.15) is 11.5 Å². The number of carbonyl (C=O) groups is 1. The lowest BCUT2D eigenvalue weighted by Gasteiger charge is -2.03. The van der Waals surface area contributed by atoms with E-state index in [-0.39, 0.29) is 18.4 Å². The number of esters is 1. The summed E-state index contributed by atoms with van der Waals surface area (Å²) in [6, 6.07) is 15.0. The number of pyridine rings is 1. The first kappa shape index (κ1) is 18.7. The molecule has 0 atom stereocenters. The average Bonchev–Trinajstić information content (AvgIpc) is 3.11. The molecule has 0 aliphatic rings. The van der Waals surface area contributed by atoms with Crippen molar-refractivity contribution in [1.29, 1.82) is 0 Å². The highest BCUT2D eigenvalue weighted by atomic mass is 35.5. The molecule has 0 unspecified atom stereocenters. The van der Waals surface area contributed by atoms with Gasteiger partial charge in [0.05, 0.1) is 19.2 Å². The Labute approximate surface area is 152 Å². The molecule has 0 saturated carbocycles. The highest BCUT2D eigenvalue weighted by Crippen LogP contribution is 2.22. The molecule has 1 N–H and O–H groups in total. The zero-order chi connectivity index (χ0) is 16.8. The van der Waals surface area contributed by atoms with E-state index in [0.29, 0.717) is 12.1 Å². The summed E-state index contributed by atoms with van der Waals surface area (Å²) in [7, 11) is 1.37. The number of nitrogens with zero attached hydrogens (tertiary/aromatic N) is 1. The minimum Gasteiger partial charge on any atom is -0.465 e. The highest BCUT2D eigenvalue weighted by molar-refractivity contribution is 5.89. The van der Waals surface area contributed by atoms with Crippen LogP contribution in [-0.2, 0) is 17.8 Å². The molecule has 0 radical (unpaired) electrons. The molecule has 130 valence electrons. The second kappa shape index (κ2) is 9.01. The normalized spacial score (nSPS) is 10.1. The number of aromatic nitrogens is 1. The maximum atomic E-state index is 11.4. The Balaban J connectivity index is 0.00000225. The number of hydrogen-bond acceptors (Lipinski definition) is 5. The van der Waals surface area contributed by atoms with Gasteiger partial charge in [-0.05, 0) is 42.0 Å². The lowest BCUT2D eigenvalue weighted by atomic mass is 10.1. The third-order valence-electron chi connectivity index (χ3n) is 3.63. The molecule has 5 nitrogen and oxygen atoms in total. The topological polar surface area (TPSA) is 64.4 Å². The molecule has 3 aromatic rings. The molecule has 25 heavy (non-hydrogen) atoms. The maximum absolute atomic E-state index is 11.4. The van der Waals surface area contributed by atoms with Gasteiger partial charge in [-0.25, -0.2) is 4.79 Å². The van der Waals surface area contributed by atoms with Crippen molar-refractivity contribution in [2.75, 3.05) is 7.11 Å². The van der Waals surface area contributed by atoms with Gasteiger partial charge < -0.3 is 14.5 Å². The lowest BCUT2D eigenvalue weighted by molar-refractivity contribution is 0.0600. The average molecular weight is 359 g/mol. The summed E-state index contributed by atoms with van der Waals surface area (Å²) >= 11 is 0. The number of nitrogens with one attached hydrogen (secondary N) is 1. The summed E-state index contributed by atoms with van der Waals surface area (Å²) in [4.78, 5) is 15.4. The Morgan fingerprint density at radius 3 is 2.44 bits per heavy atom. The van der Waals surface area contributed by atoms with E-state index >= 15 is 0 Å². The quantitative estimate of drug-likeness (QED) is 0.678. The van der Waals surface area contributed by atoms with Crippen molar-refractivity contribution in [2.24, 2.45) is 0 Å². The van der Waals surface area contributed by atoms with Gasteiger partial charge in [-0.15, -0.1) is 12.4 Å². The van der Waals surface area contributed by atoms with E-state index in [4.69, 9.17) is 9.15 Å². The van der Waals surface area contributed by atoms with Crippen LogP contribution in [0, 0.1) is 0 Å². The number of halogens is 1. The van der Waals surface area contributed by atoms with Gasteiger partial charge in [-0.2, -0.15) is 0 Å². The highest BCUT2D eigenvalue weighted by Gasteiger charge is 2.08. The first-order valence-electron chi connectivity index (χ1n) is 7.63. The van der Waals surface area contributed by atoms with Gasteiger partial charge in [0.15, 0.2) is 0 Å². The van der Waals surface area contributed by atoms with Crippen LogP contribution in [0.5, 0.6) is 0 Å². The van der Waals surface area contributed by atoms with E-state index in [2.05, 4.69) is 10.3 Å². The maximum Gasteiger partial charge on any atom is 0.337 e. The van der Waals surface area contributed by atoms with Crippen molar-refractivity contribution in [3.63, 3.8) is 0 Å². The van der Waals surface area contributed by atoms with Crippen LogP contribution in [0.4, 0.5) is 0 Å². The van der Waals surface area contributed by atoms with Gasteiger partial charge in [-0.3, -0.25) is 4.98 Å². The van der Waals surface area contributed by atoms with Crippen LogP contribution in [-0.4, -0.2) is 18.1 Å². The molecule has 0 aliphatic heterocycles. The summed E-state index contributed by atoms with van der Waals surface area (Å²) in [5, 5.41) is 3.33. The van der Waals surface area contributed by atoms with Gasteiger partial charge in [0.25, 0.3) is 0 Å². The minimum absolute atomic E-state index is 0. The third-order valence-corrected chi connectivity index (χ3v) is 3.63. The fourth-order valence-electron chi connectivity index (χ4n) is 2.35. The molecule has 1 aromatic carbocycles. The molecule has 2 heterocycles. The third kappa shape index (κ3) is 4.92. The number of hydrogen-bond donors (Lipinski definition) is 1. The number of benzene rings is 1. The first-order chi connectivity index (χ1) is 11.8. The van der Waals surface area contributed by atoms with E-state index in [0.717, 1.165) is 23.6 Å². The van der Waals surface area contributed by atoms with Crippen LogP contribution in [0.1, 0.15) is 21.7 Å². The predicted octanol–water partition coefficient (Wildman–Crippen LogP) is 3.84. The van der Waals surface area contributed by atoms with E-state index in [1.807, 2.05) is 36.4 Å². The van der Waals surface area contributed by atoms with E-state index in [1.165, 1.54) is 12.7 Å². The molecule has 0 amide bonds. The van der Waals surface area contributed by atoms with Crippen molar-refractivity contribution in [3.05, 3.63) is 77.8 Å². The number of methoxy groups -OCH3 is 1. The summed E-state index contributed by atoms with van der Waals surface area (Å²) in [6.07, 6.45) is 3.56. The monoisotopic (exact) mass is 358 g/mol. The fraction of sp³-hybridized carbons (Fsp3) is 0.158. The number of rotatable bonds is 6. The predicted molar refractivity (Wildman–Crippen MR) is 97.5 cm³/mol. The second-order valence-electron chi connectivity index (χ2n) is 5.29. The molecule has 0 spiro atoms. The summed E-state index contributed by atoms with van der Waals surface area (Å²) in [6.45, 7) is 1.40. The standard InChI is InChI=1S/C19H18N2O3.ClH/c1-23-19(22)16-4-2-15(3-5-16)18-7-6-17(24-18)13-21-12-14-8-10-20-11-9-14;/h2-11,21H,12-13H2,1H3;1H. The van der Waals surface area contributed by atoms with Gasteiger partial charge in [0, 0.05) is 24.5 Å². The van der Waals surface area contributed by atoms with Crippen LogP contribution >= 0.6 is 12.4 Å². The van der Waals surface area contributed by atoms with Crippen LogP contribution in [0.15, 0.2) is 65.3 Å². The largest absolute Gasteiger partial charge is 0.465 e. The number of ether oxygens (including phenoxy) is 1. The van der Waals surface area contributed by atoms with Gasteiger partial charge in [0.2, 0.25) is 0 Å². The molecule has 0 aliphatic carbocycles.